The molecule has 0 aromatic heterocycles. The van der Waals surface area contributed by atoms with Crippen LogP contribution in [0.15, 0.2) is 24.3 Å². The van der Waals surface area contributed by atoms with E-state index in [1.54, 1.807) is 0 Å². The van der Waals surface area contributed by atoms with Gasteiger partial charge < -0.3 is 16.2 Å². The van der Waals surface area contributed by atoms with Gasteiger partial charge in [-0.2, -0.15) is 0 Å². The number of rotatable bonds is 7. The van der Waals surface area contributed by atoms with Gasteiger partial charge in [-0.3, -0.25) is 4.79 Å². The minimum atomic E-state index is -0.977. The van der Waals surface area contributed by atoms with Crippen LogP contribution < -0.4 is 11.1 Å². The summed E-state index contributed by atoms with van der Waals surface area (Å²) < 4.78 is 0. The summed E-state index contributed by atoms with van der Waals surface area (Å²) in [5, 5.41) is 11.7. The summed E-state index contributed by atoms with van der Waals surface area (Å²) in [6.45, 7) is 5.30. The maximum Gasteiger partial charge on any atom is 0.321 e. The Morgan fingerprint density at radius 3 is 2.50 bits per heavy atom. The molecule has 0 aliphatic rings. The summed E-state index contributed by atoms with van der Waals surface area (Å²) >= 11 is 0. The lowest BCUT2D eigenvalue weighted by Crippen LogP contribution is -2.40. The molecule has 0 bridgehead atoms. The van der Waals surface area contributed by atoms with Crippen molar-refractivity contribution in [3.05, 3.63) is 35.4 Å². The number of carbonyl (C=O) groups is 1. The van der Waals surface area contributed by atoms with Crippen molar-refractivity contribution < 1.29 is 9.90 Å². The number of aliphatic carboxylic acids is 1. The number of hydrogen-bond acceptors (Lipinski definition) is 3. The molecule has 0 saturated heterocycles. The average Bonchev–Trinajstić information content (AvgIpc) is 2.38. The first kappa shape index (κ1) is 14.7. The molecule has 1 aromatic rings. The molecule has 4 nitrogen and oxygen atoms in total. The molecule has 0 amide bonds. The lowest BCUT2D eigenvalue weighted by Gasteiger charge is -2.11. The zero-order chi connectivity index (χ0) is 13.5. The molecule has 18 heavy (non-hydrogen) atoms. The molecule has 4 N–H and O–H groups in total. The molecule has 0 saturated carbocycles. The number of benzene rings is 1. The molecule has 2 unspecified atom stereocenters. The minimum Gasteiger partial charge on any atom is -0.480 e. The molecule has 0 aliphatic carbocycles. The second-order valence-corrected chi connectivity index (χ2v) is 4.63. The molecule has 0 spiro atoms. The highest BCUT2D eigenvalue weighted by molar-refractivity contribution is 5.73. The quantitative estimate of drug-likeness (QED) is 0.688. The van der Waals surface area contributed by atoms with Crippen molar-refractivity contribution in [1.82, 2.24) is 5.32 Å². The van der Waals surface area contributed by atoms with Gasteiger partial charge in [-0.25, -0.2) is 0 Å². The normalized spacial score (nSPS) is 14.2. The Balaban J connectivity index is 2.42. The van der Waals surface area contributed by atoms with Gasteiger partial charge in [0.05, 0.1) is 0 Å². The first-order valence-electron chi connectivity index (χ1n) is 6.32. The van der Waals surface area contributed by atoms with E-state index in [9.17, 15) is 4.79 Å². The van der Waals surface area contributed by atoms with E-state index in [0.717, 1.165) is 12.0 Å². The fourth-order valence-electron chi connectivity index (χ4n) is 1.66. The summed E-state index contributed by atoms with van der Waals surface area (Å²) in [5.41, 5.74) is 7.88. The van der Waals surface area contributed by atoms with Crippen molar-refractivity contribution in [3.8, 4) is 0 Å². The second-order valence-electron chi connectivity index (χ2n) is 4.63. The van der Waals surface area contributed by atoms with Crippen molar-refractivity contribution in [2.45, 2.75) is 38.8 Å². The Labute approximate surface area is 108 Å². The van der Waals surface area contributed by atoms with Crippen LogP contribution in [0.5, 0.6) is 0 Å². The highest BCUT2D eigenvalue weighted by Crippen LogP contribution is 2.18. The van der Waals surface area contributed by atoms with Crippen LogP contribution in [0.2, 0.25) is 0 Å². The third kappa shape index (κ3) is 4.47. The van der Waals surface area contributed by atoms with E-state index in [-0.39, 0.29) is 6.54 Å². The number of hydrogen-bond donors (Lipinski definition) is 3. The Kier molecular flexibility index (Phi) is 5.82. The molecule has 4 heteroatoms. The first-order valence-corrected chi connectivity index (χ1v) is 6.32. The molecule has 0 fully saturated rings. The van der Waals surface area contributed by atoms with Crippen LogP contribution >= 0.6 is 0 Å². The first-order chi connectivity index (χ1) is 8.54. The fourth-order valence-corrected chi connectivity index (χ4v) is 1.66. The van der Waals surface area contributed by atoms with E-state index in [1.165, 1.54) is 5.56 Å². The Morgan fingerprint density at radius 1 is 1.39 bits per heavy atom. The number of nitrogens with two attached hydrogens (primary N) is 1. The van der Waals surface area contributed by atoms with Gasteiger partial charge in [-0.1, -0.05) is 38.1 Å². The van der Waals surface area contributed by atoms with Gasteiger partial charge in [0.1, 0.15) is 6.04 Å². The third-order valence-electron chi connectivity index (χ3n) is 3.17. The largest absolute Gasteiger partial charge is 0.480 e. The van der Waals surface area contributed by atoms with Gasteiger partial charge in [0.2, 0.25) is 0 Å². The van der Waals surface area contributed by atoms with Crippen LogP contribution in [-0.4, -0.2) is 23.7 Å². The van der Waals surface area contributed by atoms with Crippen molar-refractivity contribution in [2.24, 2.45) is 5.73 Å². The third-order valence-corrected chi connectivity index (χ3v) is 3.17. The summed E-state index contributed by atoms with van der Waals surface area (Å²) in [6, 6.07) is 7.55. The van der Waals surface area contributed by atoms with E-state index < -0.39 is 12.0 Å². The van der Waals surface area contributed by atoms with Crippen LogP contribution in [0.4, 0.5) is 0 Å². The van der Waals surface area contributed by atoms with Crippen LogP contribution in [0.3, 0.4) is 0 Å². The van der Waals surface area contributed by atoms with E-state index in [2.05, 4.69) is 43.4 Å². The molecule has 0 radical (unpaired) electrons. The predicted molar refractivity (Wildman–Crippen MR) is 72.5 cm³/mol. The summed E-state index contributed by atoms with van der Waals surface area (Å²) in [4.78, 5) is 10.5. The fraction of sp³-hybridized carbons (Fsp3) is 0.500. The van der Waals surface area contributed by atoms with Crippen LogP contribution in [0.25, 0.3) is 0 Å². The maximum absolute atomic E-state index is 10.5. The van der Waals surface area contributed by atoms with Gasteiger partial charge in [-0.15, -0.1) is 0 Å². The summed E-state index contributed by atoms with van der Waals surface area (Å²) in [7, 11) is 0. The van der Waals surface area contributed by atoms with Crippen LogP contribution in [0, 0.1) is 0 Å². The maximum atomic E-state index is 10.5. The van der Waals surface area contributed by atoms with E-state index in [1.807, 2.05) is 0 Å². The van der Waals surface area contributed by atoms with E-state index in [0.29, 0.717) is 12.5 Å². The van der Waals surface area contributed by atoms with Gasteiger partial charge in [-0.05, 0) is 23.5 Å². The molecule has 1 aromatic carbocycles. The number of carboxylic acids is 1. The predicted octanol–water partition coefficient (Wildman–Crippen LogP) is 1.70. The van der Waals surface area contributed by atoms with Gasteiger partial charge in [0.25, 0.3) is 0 Å². The van der Waals surface area contributed by atoms with Crippen molar-refractivity contribution >= 4 is 5.97 Å². The zero-order valence-electron chi connectivity index (χ0n) is 11.0. The second kappa shape index (κ2) is 7.13. The lowest BCUT2D eigenvalue weighted by molar-refractivity contribution is -0.138. The van der Waals surface area contributed by atoms with Gasteiger partial charge >= 0.3 is 5.97 Å². The zero-order valence-corrected chi connectivity index (χ0v) is 11.0. The summed E-state index contributed by atoms with van der Waals surface area (Å²) in [6.07, 6.45) is 1.13. The van der Waals surface area contributed by atoms with Gasteiger partial charge in [0.15, 0.2) is 0 Å². The van der Waals surface area contributed by atoms with Gasteiger partial charge in [0, 0.05) is 13.1 Å². The SMILES string of the molecule is CCC(C)c1ccc(CNCC(N)C(=O)O)cc1. The molecular formula is C14H22N2O2. The molecule has 2 atom stereocenters. The van der Waals surface area contributed by atoms with Crippen LogP contribution in [0.1, 0.15) is 37.3 Å². The Morgan fingerprint density at radius 2 is 2.00 bits per heavy atom. The van der Waals surface area contributed by atoms with Crippen molar-refractivity contribution in [1.29, 1.82) is 0 Å². The Hall–Kier alpha value is -1.39. The standard InChI is InChI=1S/C14H22N2O2/c1-3-10(2)12-6-4-11(5-7-12)8-16-9-13(15)14(17)18/h4-7,10,13,16H,3,8-9,15H2,1-2H3,(H,17,18). The molecule has 0 aliphatic heterocycles. The van der Waals surface area contributed by atoms with Crippen molar-refractivity contribution in [2.75, 3.05) is 6.54 Å². The van der Waals surface area contributed by atoms with Crippen molar-refractivity contribution in [3.63, 3.8) is 0 Å². The smallest absolute Gasteiger partial charge is 0.321 e. The molecule has 100 valence electrons. The summed E-state index contributed by atoms with van der Waals surface area (Å²) in [5.74, 6) is -0.401. The molecule has 0 heterocycles. The minimum absolute atomic E-state index is 0.280. The monoisotopic (exact) mass is 250 g/mol. The highest BCUT2D eigenvalue weighted by Gasteiger charge is 2.10. The van der Waals surface area contributed by atoms with Crippen LogP contribution in [-0.2, 0) is 11.3 Å². The molecular weight excluding hydrogens is 228 g/mol. The Bertz CT molecular complexity index is 376. The number of nitrogens with one attached hydrogen (secondary N) is 1. The number of carboxylic acid groups (broad SMARTS) is 1. The topological polar surface area (TPSA) is 75.3 Å². The highest BCUT2D eigenvalue weighted by atomic mass is 16.4. The van der Waals surface area contributed by atoms with E-state index >= 15 is 0 Å². The molecule has 1 rings (SSSR count). The lowest BCUT2D eigenvalue weighted by atomic mass is 9.98. The van der Waals surface area contributed by atoms with E-state index in [4.69, 9.17) is 10.8 Å². The average molecular weight is 250 g/mol.